The molecule has 0 atom stereocenters. The van der Waals surface area contributed by atoms with E-state index in [1.54, 1.807) is 0 Å². The smallest absolute Gasteiger partial charge is 0.253 e. The second kappa shape index (κ2) is 7.49. The third-order valence-corrected chi connectivity index (χ3v) is 4.72. The summed E-state index contributed by atoms with van der Waals surface area (Å²) in [4.78, 5) is 12.7. The first-order valence-electron chi connectivity index (χ1n) is 8.59. The van der Waals surface area contributed by atoms with Gasteiger partial charge in [-0.1, -0.05) is 24.3 Å². The van der Waals surface area contributed by atoms with Crippen LogP contribution in [-0.2, 0) is 0 Å². The number of rotatable bonds is 4. The molecule has 0 aliphatic carbocycles. The normalized spacial score (nSPS) is 15.1. The lowest BCUT2D eigenvalue weighted by Crippen LogP contribution is -2.42. The fraction of sp³-hybridized carbons (Fsp3) is 0.350. The summed E-state index contributed by atoms with van der Waals surface area (Å²) in [5, 5.41) is 9.91. The maximum Gasteiger partial charge on any atom is 0.253 e. The maximum absolute atomic E-state index is 12.7. The van der Waals surface area contributed by atoms with Crippen LogP contribution in [0.1, 0.15) is 34.3 Å². The molecule has 0 saturated carbocycles. The lowest BCUT2D eigenvalue weighted by molar-refractivity contribution is 0.0930. The topological polar surface area (TPSA) is 53.2 Å². The number of amides is 1. The Morgan fingerprint density at radius 1 is 1.00 bits per heavy atom. The predicted octanol–water partition coefficient (Wildman–Crippen LogP) is 3.53. The summed E-state index contributed by atoms with van der Waals surface area (Å²) in [5.41, 5.74) is 5.01. The van der Waals surface area contributed by atoms with E-state index in [2.05, 4.69) is 35.9 Å². The van der Waals surface area contributed by atoms with Crippen molar-refractivity contribution in [1.29, 1.82) is 0 Å². The molecule has 1 fully saturated rings. The Balaban J connectivity index is 1.79. The van der Waals surface area contributed by atoms with Gasteiger partial charge in [0.25, 0.3) is 5.91 Å². The lowest BCUT2D eigenvalue weighted by atomic mass is 10.0. The largest absolute Gasteiger partial charge is 0.355 e. The summed E-state index contributed by atoms with van der Waals surface area (Å²) < 4.78 is 0. The molecule has 2 aromatic rings. The Morgan fingerprint density at radius 2 is 1.71 bits per heavy atom. The Bertz CT molecular complexity index is 721. The van der Waals surface area contributed by atoms with Gasteiger partial charge in [0.15, 0.2) is 0 Å². The van der Waals surface area contributed by atoms with Crippen molar-refractivity contribution >= 4 is 17.3 Å². The summed E-state index contributed by atoms with van der Waals surface area (Å²) in [6, 6.07) is 14.1. The predicted molar refractivity (Wildman–Crippen MR) is 99.0 cm³/mol. The van der Waals surface area contributed by atoms with E-state index in [9.17, 15) is 4.79 Å². The molecule has 24 heavy (non-hydrogen) atoms. The van der Waals surface area contributed by atoms with Gasteiger partial charge in [-0.2, -0.15) is 0 Å². The first kappa shape index (κ1) is 16.5. The second-order valence-corrected chi connectivity index (χ2v) is 6.42. The van der Waals surface area contributed by atoms with Crippen LogP contribution in [0.25, 0.3) is 0 Å². The van der Waals surface area contributed by atoms with Crippen molar-refractivity contribution < 1.29 is 4.79 Å². The van der Waals surface area contributed by atoms with E-state index in [4.69, 9.17) is 0 Å². The van der Waals surface area contributed by atoms with E-state index in [1.807, 2.05) is 36.4 Å². The van der Waals surface area contributed by atoms with Crippen LogP contribution in [-0.4, -0.2) is 25.0 Å². The molecule has 4 nitrogen and oxygen atoms in total. The lowest BCUT2D eigenvalue weighted by Gasteiger charge is -2.24. The minimum Gasteiger partial charge on any atom is -0.355 e. The molecule has 1 aliphatic heterocycles. The summed E-state index contributed by atoms with van der Waals surface area (Å²) in [6.07, 6.45) is 1.97. The zero-order chi connectivity index (χ0) is 16.9. The molecule has 0 unspecified atom stereocenters. The Labute approximate surface area is 143 Å². The molecular formula is C20H25N3O. The molecule has 126 valence electrons. The molecule has 1 amide bonds. The molecule has 0 aromatic heterocycles. The van der Waals surface area contributed by atoms with E-state index >= 15 is 0 Å². The molecule has 2 aromatic carbocycles. The van der Waals surface area contributed by atoms with Crippen molar-refractivity contribution in [2.24, 2.45) is 0 Å². The molecular weight excluding hydrogens is 298 g/mol. The van der Waals surface area contributed by atoms with Gasteiger partial charge < -0.3 is 16.0 Å². The fourth-order valence-corrected chi connectivity index (χ4v) is 3.05. The zero-order valence-corrected chi connectivity index (χ0v) is 14.4. The van der Waals surface area contributed by atoms with Crippen molar-refractivity contribution in [3.63, 3.8) is 0 Å². The number of hydrogen-bond acceptors (Lipinski definition) is 3. The number of nitrogens with one attached hydrogen (secondary N) is 3. The highest BCUT2D eigenvalue weighted by Crippen LogP contribution is 2.25. The summed E-state index contributed by atoms with van der Waals surface area (Å²) in [6.45, 7) is 6.12. The number of benzene rings is 2. The monoisotopic (exact) mass is 323 g/mol. The Hall–Kier alpha value is -2.33. The van der Waals surface area contributed by atoms with Gasteiger partial charge in [0.05, 0.1) is 11.3 Å². The number of carbonyl (C=O) groups excluding carboxylic acids is 1. The van der Waals surface area contributed by atoms with Crippen molar-refractivity contribution in [2.45, 2.75) is 32.7 Å². The third-order valence-electron chi connectivity index (χ3n) is 4.72. The minimum absolute atomic E-state index is 0.00435. The summed E-state index contributed by atoms with van der Waals surface area (Å²) in [5.74, 6) is -0.00435. The molecule has 1 aliphatic rings. The number of piperidine rings is 1. The van der Waals surface area contributed by atoms with Crippen LogP contribution in [0.4, 0.5) is 11.4 Å². The van der Waals surface area contributed by atoms with Crippen LogP contribution in [0.15, 0.2) is 42.5 Å². The molecule has 1 heterocycles. The fourth-order valence-electron chi connectivity index (χ4n) is 3.05. The van der Waals surface area contributed by atoms with Crippen molar-refractivity contribution in [1.82, 2.24) is 10.6 Å². The maximum atomic E-state index is 12.7. The van der Waals surface area contributed by atoms with Crippen LogP contribution < -0.4 is 16.0 Å². The SMILES string of the molecule is Cc1cccc(Nc2ccccc2C(=O)NC2CCNCC2)c1C. The summed E-state index contributed by atoms with van der Waals surface area (Å²) >= 11 is 0. The number of carbonyl (C=O) groups is 1. The minimum atomic E-state index is -0.00435. The Morgan fingerprint density at radius 3 is 2.50 bits per heavy atom. The van der Waals surface area contributed by atoms with Crippen molar-refractivity contribution in [3.05, 3.63) is 59.2 Å². The van der Waals surface area contributed by atoms with Crippen LogP contribution in [0.3, 0.4) is 0 Å². The van der Waals surface area contributed by atoms with Gasteiger partial charge in [0, 0.05) is 11.7 Å². The number of hydrogen-bond donors (Lipinski definition) is 3. The van der Waals surface area contributed by atoms with Gasteiger partial charge in [0.2, 0.25) is 0 Å². The van der Waals surface area contributed by atoms with Crippen LogP contribution in [0.5, 0.6) is 0 Å². The highest BCUT2D eigenvalue weighted by molar-refractivity contribution is 6.00. The molecule has 0 radical (unpaired) electrons. The number of anilines is 2. The molecule has 0 spiro atoms. The van der Waals surface area contributed by atoms with Gasteiger partial charge >= 0.3 is 0 Å². The van der Waals surface area contributed by atoms with Gasteiger partial charge in [-0.15, -0.1) is 0 Å². The van der Waals surface area contributed by atoms with Crippen molar-refractivity contribution in [3.8, 4) is 0 Å². The summed E-state index contributed by atoms with van der Waals surface area (Å²) in [7, 11) is 0. The zero-order valence-electron chi connectivity index (χ0n) is 14.4. The molecule has 4 heteroatoms. The first-order chi connectivity index (χ1) is 11.6. The average molecular weight is 323 g/mol. The van der Waals surface area contributed by atoms with E-state index in [-0.39, 0.29) is 11.9 Å². The van der Waals surface area contributed by atoms with E-state index in [0.29, 0.717) is 5.56 Å². The van der Waals surface area contributed by atoms with Crippen LogP contribution in [0.2, 0.25) is 0 Å². The molecule has 3 N–H and O–H groups in total. The quantitative estimate of drug-likeness (QED) is 0.807. The number of para-hydroxylation sites is 1. The molecule has 0 bridgehead atoms. The number of aryl methyl sites for hydroxylation is 1. The van der Waals surface area contributed by atoms with Gasteiger partial charge in [-0.3, -0.25) is 4.79 Å². The van der Waals surface area contributed by atoms with Gasteiger partial charge in [-0.25, -0.2) is 0 Å². The highest BCUT2D eigenvalue weighted by Gasteiger charge is 2.18. The van der Waals surface area contributed by atoms with Crippen LogP contribution >= 0.6 is 0 Å². The van der Waals surface area contributed by atoms with E-state index in [0.717, 1.165) is 37.3 Å². The van der Waals surface area contributed by atoms with Crippen molar-refractivity contribution in [2.75, 3.05) is 18.4 Å². The molecule has 1 saturated heterocycles. The molecule has 3 rings (SSSR count). The van der Waals surface area contributed by atoms with E-state index < -0.39 is 0 Å². The standard InChI is InChI=1S/C20H25N3O/c1-14-6-5-9-18(15(14)2)23-19-8-4-3-7-17(19)20(24)22-16-10-12-21-13-11-16/h3-9,16,21,23H,10-13H2,1-2H3,(H,22,24). The Kier molecular flexibility index (Phi) is 5.16. The third kappa shape index (κ3) is 3.77. The van der Waals surface area contributed by atoms with Gasteiger partial charge in [-0.05, 0) is 69.1 Å². The van der Waals surface area contributed by atoms with Gasteiger partial charge in [0.1, 0.15) is 0 Å². The van der Waals surface area contributed by atoms with Crippen LogP contribution in [0, 0.1) is 13.8 Å². The average Bonchev–Trinajstić information content (AvgIpc) is 2.60. The first-order valence-corrected chi connectivity index (χ1v) is 8.59. The second-order valence-electron chi connectivity index (χ2n) is 6.42. The van der Waals surface area contributed by atoms with E-state index in [1.165, 1.54) is 11.1 Å². The highest BCUT2D eigenvalue weighted by atomic mass is 16.1.